The van der Waals surface area contributed by atoms with E-state index < -0.39 is 0 Å². The maximum atomic E-state index is 11.4. The van der Waals surface area contributed by atoms with Crippen molar-refractivity contribution in [1.29, 1.82) is 0 Å². The van der Waals surface area contributed by atoms with Gasteiger partial charge in [0.1, 0.15) is 0 Å². The molecular weight excluding hydrogens is 396 g/mol. The van der Waals surface area contributed by atoms with Crippen LogP contribution in [0.15, 0.2) is 51.4 Å². The molecule has 0 fully saturated rings. The lowest BCUT2D eigenvalue weighted by atomic mass is 10.2. The average molecular weight is 412 g/mol. The van der Waals surface area contributed by atoms with E-state index >= 15 is 0 Å². The van der Waals surface area contributed by atoms with Crippen LogP contribution in [-0.2, 0) is 11.3 Å². The molecule has 0 saturated heterocycles. The van der Waals surface area contributed by atoms with E-state index in [1.165, 1.54) is 5.56 Å². The largest absolute Gasteiger partial charge is 0.381 e. The molecule has 2 rings (SSSR count). The molecule has 21 heavy (non-hydrogen) atoms. The van der Waals surface area contributed by atoms with E-state index in [2.05, 4.69) is 54.6 Å². The third-order valence-corrected chi connectivity index (χ3v) is 4.83. The van der Waals surface area contributed by atoms with Crippen LogP contribution in [0.25, 0.3) is 0 Å². The molecule has 0 atom stereocenters. The van der Waals surface area contributed by atoms with Crippen molar-refractivity contribution in [2.24, 2.45) is 0 Å². The summed E-state index contributed by atoms with van der Waals surface area (Å²) < 4.78 is 2.07. The summed E-state index contributed by atoms with van der Waals surface area (Å²) >= 11 is 6.95. The van der Waals surface area contributed by atoms with Gasteiger partial charge in [0.15, 0.2) is 0 Å². The van der Waals surface area contributed by atoms with Crippen molar-refractivity contribution in [2.45, 2.75) is 19.9 Å². The van der Waals surface area contributed by atoms with E-state index in [1.54, 1.807) is 0 Å². The minimum atomic E-state index is 0.0176. The van der Waals surface area contributed by atoms with Crippen LogP contribution in [0.4, 0.5) is 11.4 Å². The molecule has 0 heterocycles. The molecule has 110 valence electrons. The summed E-state index contributed by atoms with van der Waals surface area (Å²) in [6.45, 7) is 2.56. The monoisotopic (exact) mass is 410 g/mol. The second-order valence-corrected chi connectivity index (χ2v) is 6.29. The van der Waals surface area contributed by atoms with Crippen molar-refractivity contribution in [3.8, 4) is 0 Å². The Morgan fingerprint density at radius 3 is 2.52 bits per heavy atom. The molecule has 0 aromatic heterocycles. The van der Waals surface area contributed by atoms with Crippen LogP contribution in [0.2, 0.25) is 0 Å². The van der Waals surface area contributed by atoms with Crippen LogP contribution >= 0.6 is 31.9 Å². The zero-order valence-electron chi connectivity index (χ0n) is 11.6. The molecule has 2 aromatic rings. The fraction of sp³-hybridized carbons (Fsp3) is 0.188. The third kappa shape index (κ3) is 4.86. The molecule has 0 aliphatic carbocycles. The number of carbonyl (C=O) groups is 1. The Labute approximate surface area is 141 Å². The first kappa shape index (κ1) is 16.0. The smallest absolute Gasteiger partial charge is 0.224 e. The van der Waals surface area contributed by atoms with Crippen molar-refractivity contribution in [3.63, 3.8) is 0 Å². The van der Waals surface area contributed by atoms with Gasteiger partial charge in [0.25, 0.3) is 0 Å². The number of nitrogens with one attached hydrogen (secondary N) is 2. The molecule has 2 aromatic carbocycles. The molecule has 5 heteroatoms. The van der Waals surface area contributed by atoms with Gasteiger partial charge in [-0.3, -0.25) is 4.79 Å². The number of halogens is 2. The maximum absolute atomic E-state index is 11.4. The van der Waals surface area contributed by atoms with Crippen molar-refractivity contribution < 1.29 is 4.79 Å². The van der Waals surface area contributed by atoms with Crippen LogP contribution in [0.3, 0.4) is 0 Å². The zero-order valence-corrected chi connectivity index (χ0v) is 14.8. The highest BCUT2D eigenvalue weighted by Crippen LogP contribution is 2.24. The molecule has 0 aliphatic heterocycles. The molecule has 0 aliphatic rings. The van der Waals surface area contributed by atoms with Gasteiger partial charge in [0, 0.05) is 33.3 Å². The van der Waals surface area contributed by atoms with Crippen LogP contribution in [0, 0.1) is 0 Å². The SMILES string of the molecule is CCC(=O)Nc1cccc(NCc2ccc(Br)c(Br)c2)c1. The van der Waals surface area contributed by atoms with E-state index in [9.17, 15) is 4.79 Å². The Balaban J connectivity index is 2.01. The Morgan fingerprint density at radius 1 is 1.05 bits per heavy atom. The van der Waals surface area contributed by atoms with Crippen molar-refractivity contribution in [2.75, 3.05) is 10.6 Å². The van der Waals surface area contributed by atoms with Crippen molar-refractivity contribution >= 4 is 49.1 Å². The molecule has 0 spiro atoms. The summed E-state index contributed by atoms with van der Waals surface area (Å²) in [6.07, 6.45) is 0.477. The quantitative estimate of drug-likeness (QED) is 0.712. The zero-order chi connectivity index (χ0) is 15.2. The lowest BCUT2D eigenvalue weighted by molar-refractivity contribution is -0.115. The summed E-state index contributed by atoms with van der Waals surface area (Å²) in [5.41, 5.74) is 2.96. The molecule has 2 N–H and O–H groups in total. The highest BCUT2D eigenvalue weighted by molar-refractivity contribution is 9.13. The number of benzene rings is 2. The van der Waals surface area contributed by atoms with Gasteiger partial charge in [-0.05, 0) is 67.8 Å². The van der Waals surface area contributed by atoms with Gasteiger partial charge in [-0.2, -0.15) is 0 Å². The Bertz CT molecular complexity index is 644. The summed E-state index contributed by atoms with van der Waals surface area (Å²) in [5.74, 6) is 0.0176. The van der Waals surface area contributed by atoms with Crippen molar-refractivity contribution in [1.82, 2.24) is 0 Å². The summed E-state index contributed by atoms with van der Waals surface area (Å²) in [4.78, 5) is 11.4. The van der Waals surface area contributed by atoms with Crippen molar-refractivity contribution in [3.05, 3.63) is 57.0 Å². The normalized spacial score (nSPS) is 10.2. The van der Waals surface area contributed by atoms with E-state index in [0.717, 1.165) is 26.9 Å². The molecule has 0 bridgehead atoms. The number of hydrogen-bond acceptors (Lipinski definition) is 2. The number of rotatable bonds is 5. The van der Waals surface area contributed by atoms with Gasteiger partial charge in [-0.1, -0.05) is 19.1 Å². The predicted octanol–water partition coefficient (Wildman–Crippen LogP) is 5.17. The number of anilines is 2. The highest BCUT2D eigenvalue weighted by Gasteiger charge is 2.01. The van der Waals surface area contributed by atoms with Crippen LogP contribution in [0.1, 0.15) is 18.9 Å². The summed E-state index contributed by atoms with van der Waals surface area (Å²) in [5, 5.41) is 6.21. The van der Waals surface area contributed by atoms with E-state index in [4.69, 9.17) is 0 Å². The first-order valence-corrected chi connectivity index (χ1v) is 8.25. The molecule has 3 nitrogen and oxygen atoms in total. The van der Waals surface area contributed by atoms with E-state index in [1.807, 2.05) is 37.3 Å². The summed E-state index contributed by atoms with van der Waals surface area (Å²) in [7, 11) is 0. The maximum Gasteiger partial charge on any atom is 0.224 e. The van der Waals surface area contributed by atoms with Gasteiger partial charge in [0.05, 0.1) is 0 Å². The van der Waals surface area contributed by atoms with Gasteiger partial charge in [0.2, 0.25) is 5.91 Å². The third-order valence-electron chi connectivity index (χ3n) is 2.95. The van der Waals surface area contributed by atoms with Crippen LogP contribution < -0.4 is 10.6 Å². The second-order valence-electron chi connectivity index (χ2n) is 4.58. The van der Waals surface area contributed by atoms with E-state index in [0.29, 0.717) is 6.42 Å². The molecule has 0 radical (unpaired) electrons. The topological polar surface area (TPSA) is 41.1 Å². The molecule has 0 saturated carbocycles. The van der Waals surface area contributed by atoms with Gasteiger partial charge in [-0.25, -0.2) is 0 Å². The van der Waals surface area contributed by atoms with Gasteiger partial charge in [-0.15, -0.1) is 0 Å². The molecule has 0 unspecified atom stereocenters. The first-order valence-electron chi connectivity index (χ1n) is 6.66. The lowest BCUT2D eigenvalue weighted by Gasteiger charge is -2.10. The fourth-order valence-electron chi connectivity index (χ4n) is 1.81. The standard InChI is InChI=1S/C16H16Br2N2O/c1-2-16(21)20-13-5-3-4-12(9-13)19-10-11-6-7-14(17)15(18)8-11/h3-9,19H,2,10H2,1H3,(H,20,21). The fourth-order valence-corrected chi connectivity index (χ4v) is 2.48. The van der Waals surface area contributed by atoms with Gasteiger partial charge >= 0.3 is 0 Å². The number of amides is 1. The Hall–Kier alpha value is -1.33. The second kappa shape index (κ2) is 7.61. The Morgan fingerprint density at radius 2 is 1.81 bits per heavy atom. The number of hydrogen-bond donors (Lipinski definition) is 2. The predicted molar refractivity (Wildman–Crippen MR) is 94.5 cm³/mol. The van der Waals surface area contributed by atoms with Gasteiger partial charge < -0.3 is 10.6 Å². The summed E-state index contributed by atoms with van der Waals surface area (Å²) in [6, 6.07) is 13.9. The van der Waals surface area contributed by atoms with E-state index in [-0.39, 0.29) is 5.91 Å². The highest BCUT2D eigenvalue weighted by atomic mass is 79.9. The lowest BCUT2D eigenvalue weighted by Crippen LogP contribution is -2.09. The molecule has 1 amide bonds. The first-order chi connectivity index (χ1) is 10.1. The van der Waals surface area contributed by atoms with Crippen LogP contribution in [0.5, 0.6) is 0 Å². The Kier molecular flexibility index (Phi) is 5.82. The average Bonchev–Trinajstić information content (AvgIpc) is 2.49. The number of carbonyl (C=O) groups excluding carboxylic acids is 1. The molecular formula is C16H16Br2N2O. The minimum absolute atomic E-state index is 0.0176. The minimum Gasteiger partial charge on any atom is -0.381 e. The van der Waals surface area contributed by atoms with Crippen LogP contribution in [-0.4, -0.2) is 5.91 Å².